The van der Waals surface area contributed by atoms with Crippen LogP contribution in [0.2, 0.25) is 0 Å². The van der Waals surface area contributed by atoms with Crippen molar-refractivity contribution in [1.82, 2.24) is 4.98 Å². The van der Waals surface area contributed by atoms with Gasteiger partial charge >= 0.3 is 0 Å². The zero-order valence-corrected chi connectivity index (χ0v) is 12.4. The first-order valence-electron chi connectivity index (χ1n) is 6.75. The summed E-state index contributed by atoms with van der Waals surface area (Å²) in [6, 6.07) is 10.2. The summed E-state index contributed by atoms with van der Waals surface area (Å²) in [5.74, 6) is 0. The first-order valence-corrected chi connectivity index (χ1v) is 6.75. The molecule has 102 valence electrons. The van der Waals surface area contributed by atoms with Gasteiger partial charge in [0.25, 0.3) is 0 Å². The van der Waals surface area contributed by atoms with Crippen LogP contribution in [0.5, 0.6) is 0 Å². The molecule has 1 aromatic carbocycles. The Labute approximate surface area is 115 Å². The van der Waals surface area contributed by atoms with Gasteiger partial charge in [-0.1, -0.05) is 44.2 Å². The Bertz CT molecular complexity index is 566. The van der Waals surface area contributed by atoms with E-state index in [1.54, 1.807) is 0 Å². The van der Waals surface area contributed by atoms with E-state index in [1.165, 1.54) is 5.56 Å². The van der Waals surface area contributed by atoms with Crippen molar-refractivity contribution in [2.75, 3.05) is 0 Å². The van der Waals surface area contributed by atoms with Crippen LogP contribution in [0.4, 0.5) is 0 Å². The summed E-state index contributed by atoms with van der Waals surface area (Å²) in [6.07, 6.45) is -0.540. The van der Waals surface area contributed by atoms with Crippen LogP contribution >= 0.6 is 0 Å². The summed E-state index contributed by atoms with van der Waals surface area (Å²) in [5, 5.41) is 10.8. The summed E-state index contributed by atoms with van der Waals surface area (Å²) >= 11 is 0. The lowest BCUT2D eigenvalue weighted by atomic mass is 9.77. The normalized spacial score (nSPS) is 13.6. The molecule has 0 spiro atoms. The van der Waals surface area contributed by atoms with Crippen LogP contribution in [0.3, 0.4) is 0 Å². The number of hydrogen-bond acceptors (Lipinski definition) is 1. The molecule has 0 amide bonds. The van der Waals surface area contributed by atoms with Gasteiger partial charge in [0.15, 0.2) is 0 Å². The Morgan fingerprint density at radius 3 is 2.05 bits per heavy atom. The molecule has 1 heterocycles. The smallest absolute Gasteiger partial charge is 0.103 e. The van der Waals surface area contributed by atoms with Gasteiger partial charge in [0.2, 0.25) is 0 Å². The van der Waals surface area contributed by atoms with Crippen LogP contribution in [0.1, 0.15) is 48.0 Å². The van der Waals surface area contributed by atoms with Crippen LogP contribution in [0.15, 0.2) is 30.3 Å². The first-order chi connectivity index (χ1) is 8.85. The van der Waals surface area contributed by atoms with E-state index < -0.39 is 6.10 Å². The maximum atomic E-state index is 10.8. The lowest BCUT2D eigenvalue weighted by Crippen LogP contribution is -2.27. The van der Waals surface area contributed by atoms with Gasteiger partial charge in [-0.25, -0.2) is 0 Å². The average Bonchev–Trinajstić information content (AvgIpc) is 2.66. The van der Waals surface area contributed by atoms with E-state index in [0.29, 0.717) is 0 Å². The maximum Gasteiger partial charge on any atom is 0.103 e. The molecule has 0 radical (unpaired) electrons. The van der Waals surface area contributed by atoms with Crippen molar-refractivity contribution in [3.8, 4) is 0 Å². The Hall–Kier alpha value is -1.54. The zero-order chi connectivity index (χ0) is 14.2. The van der Waals surface area contributed by atoms with E-state index in [-0.39, 0.29) is 5.41 Å². The number of aromatic nitrogens is 1. The number of hydrogen-bond donors (Lipinski definition) is 2. The minimum atomic E-state index is -0.540. The van der Waals surface area contributed by atoms with Crippen LogP contribution in [-0.2, 0) is 5.41 Å². The summed E-state index contributed by atoms with van der Waals surface area (Å²) in [7, 11) is 0. The second-order valence-corrected chi connectivity index (χ2v) is 5.90. The van der Waals surface area contributed by atoms with Crippen molar-refractivity contribution in [3.63, 3.8) is 0 Å². The quantitative estimate of drug-likeness (QED) is 0.858. The Kier molecular flexibility index (Phi) is 3.55. The molecule has 0 aliphatic rings. The summed E-state index contributed by atoms with van der Waals surface area (Å²) in [6.45, 7) is 10.4. The molecule has 2 nitrogen and oxygen atoms in total. The highest BCUT2D eigenvalue weighted by Crippen LogP contribution is 2.38. The largest absolute Gasteiger partial charge is 0.386 e. The first kappa shape index (κ1) is 13.9. The van der Waals surface area contributed by atoms with Crippen LogP contribution < -0.4 is 0 Å². The van der Waals surface area contributed by atoms with Crippen molar-refractivity contribution in [3.05, 3.63) is 58.4 Å². The molecule has 0 aliphatic carbocycles. The molecule has 2 rings (SSSR count). The molecule has 1 unspecified atom stereocenters. The molecular formula is C17H23NO. The van der Waals surface area contributed by atoms with E-state index in [4.69, 9.17) is 0 Å². The summed E-state index contributed by atoms with van der Waals surface area (Å²) in [4.78, 5) is 3.34. The standard InChI is InChI=1S/C17H23NO/c1-11-12(2)15(18-13(11)3)16(19)17(4,5)14-9-7-6-8-10-14/h6-10,16,18-19H,1-5H3. The molecule has 0 bridgehead atoms. The molecule has 0 saturated carbocycles. The van der Waals surface area contributed by atoms with Gasteiger partial charge in [-0.2, -0.15) is 0 Å². The van der Waals surface area contributed by atoms with Gasteiger partial charge in [0.1, 0.15) is 6.10 Å². The number of nitrogens with one attached hydrogen (secondary N) is 1. The third-order valence-electron chi connectivity index (χ3n) is 4.33. The Balaban J connectivity index is 2.43. The molecule has 19 heavy (non-hydrogen) atoms. The van der Waals surface area contributed by atoms with Gasteiger partial charge in [0, 0.05) is 16.8 Å². The third kappa shape index (κ3) is 2.33. The lowest BCUT2D eigenvalue weighted by molar-refractivity contribution is 0.0959. The van der Waals surface area contributed by atoms with Gasteiger partial charge < -0.3 is 10.1 Å². The van der Waals surface area contributed by atoms with E-state index >= 15 is 0 Å². The summed E-state index contributed by atoms with van der Waals surface area (Å²) in [5.41, 5.74) is 5.29. The van der Waals surface area contributed by atoms with Crippen molar-refractivity contribution >= 4 is 0 Å². The predicted octanol–water partition coefficient (Wildman–Crippen LogP) is 3.95. The molecule has 0 saturated heterocycles. The monoisotopic (exact) mass is 257 g/mol. The molecule has 2 N–H and O–H groups in total. The lowest BCUT2D eigenvalue weighted by Gasteiger charge is -2.31. The van der Waals surface area contributed by atoms with Gasteiger partial charge in [-0.3, -0.25) is 0 Å². The predicted molar refractivity (Wildman–Crippen MR) is 79.4 cm³/mol. The highest BCUT2D eigenvalue weighted by molar-refractivity contribution is 5.38. The Morgan fingerprint density at radius 1 is 1.00 bits per heavy atom. The fourth-order valence-corrected chi connectivity index (χ4v) is 2.53. The number of rotatable bonds is 3. The molecule has 1 atom stereocenters. The van der Waals surface area contributed by atoms with Gasteiger partial charge in [-0.05, 0) is 37.5 Å². The highest BCUT2D eigenvalue weighted by atomic mass is 16.3. The molecule has 1 aromatic heterocycles. The van der Waals surface area contributed by atoms with Crippen molar-refractivity contribution in [2.45, 2.75) is 46.1 Å². The topological polar surface area (TPSA) is 36.0 Å². The number of aryl methyl sites for hydroxylation is 1. The van der Waals surface area contributed by atoms with Crippen LogP contribution in [-0.4, -0.2) is 10.1 Å². The van der Waals surface area contributed by atoms with Crippen LogP contribution in [0.25, 0.3) is 0 Å². The number of benzene rings is 1. The number of H-pyrrole nitrogens is 1. The Morgan fingerprint density at radius 2 is 1.58 bits per heavy atom. The molecule has 2 aromatic rings. The molecular weight excluding hydrogens is 234 g/mol. The SMILES string of the molecule is Cc1[nH]c(C(O)C(C)(C)c2ccccc2)c(C)c1C. The number of aliphatic hydroxyl groups is 1. The maximum absolute atomic E-state index is 10.8. The molecule has 0 aliphatic heterocycles. The van der Waals surface area contributed by atoms with Crippen molar-refractivity contribution in [2.24, 2.45) is 0 Å². The van der Waals surface area contributed by atoms with Gasteiger partial charge in [0.05, 0.1) is 0 Å². The second-order valence-electron chi connectivity index (χ2n) is 5.90. The van der Waals surface area contributed by atoms with Crippen molar-refractivity contribution in [1.29, 1.82) is 0 Å². The van der Waals surface area contributed by atoms with Crippen molar-refractivity contribution < 1.29 is 5.11 Å². The zero-order valence-electron chi connectivity index (χ0n) is 12.4. The fraction of sp³-hybridized carbons (Fsp3) is 0.412. The highest BCUT2D eigenvalue weighted by Gasteiger charge is 2.33. The molecule has 2 heteroatoms. The summed E-state index contributed by atoms with van der Waals surface area (Å²) < 4.78 is 0. The average molecular weight is 257 g/mol. The van der Waals surface area contributed by atoms with Crippen LogP contribution in [0, 0.1) is 20.8 Å². The van der Waals surface area contributed by atoms with Gasteiger partial charge in [-0.15, -0.1) is 0 Å². The van der Waals surface area contributed by atoms with E-state index in [0.717, 1.165) is 22.5 Å². The fourth-order valence-electron chi connectivity index (χ4n) is 2.53. The van der Waals surface area contributed by atoms with E-state index in [2.05, 4.69) is 44.8 Å². The second kappa shape index (κ2) is 4.86. The minimum absolute atomic E-state index is 0.324. The number of aliphatic hydroxyl groups excluding tert-OH is 1. The third-order valence-corrected chi connectivity index (χ3v) is 4.33. The van der Waals surface area contributed by atoms with E-state index in [1.807, 2.05) is 25.1 Å². The number of aromatic amines is 1. The van der Waals surface area contributed by atoms with E-state index in [9.17, 15) is 5.11 Å². The minimum Gasteiger partial charge on any atom is -0.386 e. The molecule has 0 fully saturated rings.